The second-order valence-corrected chi connectivity index (χ2v) is 7.07. The molecule has 0 spiro atoms. The molecule has 2 rings (SSSR count). The lowest BCUT2D eigenvalue weighted by Gasteiger charge is -2.23. The Kier molecular flexibility index (Phi) is 5.45. The van der Waals surface area contributed by atoms with Crippen LogP contribution in [0, 0.1) is 0 Å². The number of anilines is 2. The molecule has 0 aromatic carbocycles. The zero-order valence-electron chi connectivity index (χ0n) is 14.0. The van der Waals surface area contributed by atoms with Crippen molar-refractivity contribution >= 4 is 34.1 Å². The summed E-state index contributed by atoms with van der Waals surface area (Å²) >= 11 is 1.23. The molecular formula is C15H20N6O2S. The molecule has 2 heterocycles. The molecule has 2 amide bonds. The van der Waals surface area contributed by atoms with Gasteiger partial charge in [-0.1, -0.05) is 11.3 Å². The van der Waals surface area contributed by atoms with E-state index in [2.05, 4.69) is 31.1 Å². The summed E-state index contributed by atoms with van der Waals surface area (Å²) in [5, 5.41) is 16.3. The molecule has 0 fully saturated rings. The van der Waals surface area contributed by atoms with Gasteiger partial charge in [0.2, 0.25) is 11.0 Å². The number of nitrogens with zero attached hydrogens (tertiary/aromatic N) is 3. The van der Waals surface area contributed by atoms with Crippen LogP contribution in [0.1, 0.15) is 38.1 Å². The van der Waals surface area contributed by atoms with E-state index in [1.54, 1.807) is 19.1 Å². The predicted molar refractivity (Wildman–Crippen MR) is 93.1 cm³/mol. The molecule has 9 heteroatoms. The number of amides is 2. The minimum Gasteiger partial charge on any atom is -0.359 e. The standard InChI is InChI=1S/C15H20N6O2S/c1-9(12(22)20-15(2,3)4)18-11-6-5-10(7-16-11)13(23)19-14-21-17-8-24-14/h5-9H,1-4H3,(H,16,18)(H,20,22)(H,19,21,23). The van der Waals surface area contributed by atoms with Crippen molar-refractivity contribution in [3.8, 4) is 0 Å². The third-order valence-corrected chi connectivity index (χ3v) is 3.47. The molecule has 2 aromatic heterocycles. The molecule has 0 radical (unpaired) electrons. The van der Waals surface area contributed by atoms with Crippen molar-refractivity contribution in [1.82, 2.24) is 20.5 Å². The zero-order chi connectivity index (χ0) is 17.7. The summed E-state index contributed by atoms with van der Waals surface area (Å²) < 4.78 is 0. The fourth-order valence-corrected chi connectivity index (χ4v) is 2.22. The zero-order valence-corrected chi connectivity index (χ0v) is 14.8. The number of hydrogen-bond donors (Lipinski definition) is 3. The Labute approximate surface area is 144 Å². The van der Waals surface area contributed by atoms with Gasteiger partial charge in [0.25, 0.3) is 5.91 Å². The Balaban J connectivity index is 1.94. The molecule has 2 aromatic rings. The first-order valence-electron chi connectivity index (χ1n) is 7.37. The number of aromatic nitrogens is 3. The monoisotopic (exact) mass is 348 g/mol. The topological polar surface area (TPSA) is 109 Å². The van der Waals surface area contributed by atoms with Crippen LogP contribution in [0.3, 0.4) is 0 Å². The number of pyridine rings is 1. The highest BCUT2D eigenvalue weighted by molar-refractivity contribution is 7.13. The minimum atomic E-state index is -0.446. The number of carbonyl (C=O) groups is 2. The average molecular weight is 348 g/mol. The molecule has 0 saturated heterocycles. The van der Waals surface area contributed by atoms with E-state index in [1.807, 2.05) is 20.8 Å². The van der Waals surface area contributed by atoms with Crippen LogP contribution < -0.4 is 16.0 Å². The van der Waals surface area contributed by atoms with Crippen molar-refractivity contribution in [3.05, 3.63) is 29.4 Å². The lowest BCUT2D eigenvalue weighted by molar-refractivity contribution is -0.122. The molecule has 3 N–H and O–H groups in total. The van der Waals surface area contributed by atoms with Gasteiger partial charge in [-0.25, -0.2) is 4.98 Å². The first-order valence-corrected chi connectivity index (χ1v) is 8.25. The summed E-state index contributed by atoms with van der Waals surface area (Å²) in [6.45, 7) is 7.50. The normalized spacial score (nSPS) is 12.3. The van der Waals surface area contributed by atoms with Crippen molar-refractivity contribution in [1.29, 1.82) is 0 Å². The van der Waals surface area contributed by atoms with Gasteiger partial charge in [-0.3, -0.25) is 14.9 Å². The van der Waals surface area contributed by atoms with E-state index in [1.165, 1.54) is 23.0 Å². The Hall–Kier alpha value is -2.55. The van der Waals surface area contributed by atoms with Gasteiger partial charge in [0.05, 0.1) is 5.56 Å². The van der Waals surface area contributed by atoms with Crippen molar-refractivity contribution in [2.45, 2.75) is 39.3 Å². The maximum absolute atomic E-state index is 12.0. The summed E-state index contributed by atoms with van der Waals surface area (Å²) in [7, 11) is 0. The molecule has 0 aliphatic carbocycles. The van der Waals surface area contributed by atoms with Crippen LogP contribution >= 0.6 is 11.3 Å². The molecule has 1 unspecified atom stereocenters. The smallest absolute Gasteiger partial charge is 0.259 e. The van der Waals surface area contributed by atoms with Gasteiger partial charge in [-0.15, -0.1) is 10.2 Å². The second kappa shape index (κ2) is 7.35. The van der Waals surface area contributed by atoms with Gasteiger partial charge in [0.1, 0.15) is 17.4 Å². The van der Waals surface area contributed by atoms with E-state index in [-0.39, 0.29) is 17.4 Å². The number of rotatable bonds is 5. The molecule has 0 aliphatic rings. The number of nitrogens with one attached hydrogen (secondary N) is 3. The van der Waals surface area contributed by atoms with Gasteiger partial charge >= 0.3 is 0 Å². The van der Waals surface area contributed by atoms with Gasteiger partial charge in [-0.05, 0) is 39.8 Å². The van der Waals surface area contributed by atoms with E-state index in [0.717, 1.165) is 0 Å². The van der Waals surface area contributed by atoms with Gasteiger partial charge in [0, 0.05) is 11.7 Å². The van der Waals surface area contributed by atoms with Gasteiger partial charge in [-0.2, -0.15) is 0 Å². The Morgan fingerprint density at radius 3 is 2.54 bits per heavy atom. The predicted octanol–water partition coefficient (Wildman–Crippen LogP) is 1.90. The molecular weight excluding hydrogens is 328 g/mol. The van der Waals surface area contributed by atoms with Crippen molar-refractivity contribution in [2.75, 3.05) is 10.6 Å². The lowest BCUT2D eigenvalue weighted by atomic mass is 10.1. The Morgan fingerprint density at radius 2 is 2.00 bits per heavy atom. The van der Waals surface area contributed by atoms with Crippen LogP contribution in [-0.2, 0) is 4.79 Å². The van der Waals surface area contributed by atoms with E-state index in [9.17, 15) is 9.59 Å². The minimum absolute atomic E-state index is 0.123. The Morgan fingerprint density at radius 1 is 1.25 bits per heavy atom. The molecule has 0 saturated carbocycles. The molecule has 24 heavy (non-hydrogen) atoms. The van der Waals surface area contributed by atoms with E-state index < -0.39 is 6.04 Å². The highest BCUT2D eigenvalue weighted by atomic mass is 32.1. The molecule has 128 valence electrons. The van der Waals surface area contributed by atoms with Gasteiger partial charge in [0.15, 0.2) is 0 Å². The fourth-order valence-electron chi connectivity index (χ4n) is 1.78. The lowest BCUT2D eigenvalue weighted by Crippen LogP contribution is -2.47. The largest absolute Gasteiger partial charge is 0.359 e. The first kappa shape index (κ1) is 17.8. The molecule has 8 nitrogen and oxygen atoms in total. The van der Waals surface area contributed by atoms with Crippen molar-refractivity contribution < 1.29 is 9.59 Å². The van der Waals surface area contributed by atoms with E-state index >= 15 is 0 Å². The molecule has 0 bridgehead atoms. The maximum atomic E-state index is 12.0. The maximum Gasteiger partial charge on any atom is 0.259 e. The Bertz CT molecular complexity index is 694. The number of carbonyl (C=O) groups excluding carboxylic acids is 2. The van der Waals surface area contributed by atoms with Crippen LogP contribution in [0.4, 0.5) is 10.9 Å². The van der Waals surface area contributed by atoms with Crippen LogP contribution in [-0.4, -0.2) is 38.6 Å². The first-order chi connectivity index (χ1) is 11.2. The summed E-state index contributed by atoms with van der Waals surface area (Å²) in [4.78, 5) is 28.2. The SMILES string of the molecule is CC(Nc1ccc(C(=O)Nc2nncs2)cn1)C(=O)NC(C)(C)C. The van der Waals surface area contributed by atoms with Gasteiger partial charge < -0.3 is 10.6 Å². The third kappa shape index (κ3) is 5.27. The van der Waals surface area contributed by atoms with Crippen molar-refractivity contribution in [2.24, 2.45) is 0 Å². The van der Waals surface area contributed by atoms with E-state index in [0.29, 0.717) is 16.5 Å². The summed E-state index contributed by atoms with van der Waals surface area (Å²) in [5.41, 5.74) is 1.63. The highest BCUT2D eigenvalue weighted by Crippen LogP contribution is 2.12. The molecule has 1 atom stereocenters. The third-order valence-electron chi connectivity index (χ3n) is 2.86. The van der Waals surface area contributed by atoms with Crippen molar-refractivity contribution in [3.63, 3.8) is 0 Å². The van der Waals surface area contributed by atoms with Crippen LogP contribution in [0.2, 0.25) is 0 Å². The average Bonchev–Trinajstić information content (AvgIpc) is 2.99. The summed E-state index contributed by atoms with van der Waals surface area (Å²) in [6.07, 6.45) is 1.44. The summed E-state index contributed by atoms with van der Waals surface area (Å²) in [5.74, 6) is 0.0748. The summed E-state index contributed by atoms with van der Waals surface area (Å²) in [6, 6.07) is 2.83. The van der Waals surface area contributed by atoms with Crippen LogP contribution in [0.15, 0.2) is 23.8 Å². The fraction of sp³-hybridized carbons (Fsp3) is 0.400. The van der Waals surface area contributed by atoms with Crippen LogP contribution in [0.5, 0.6) is 0 Å². The second-order valence-electron chi connectivity index (χ2n) is 6.24. The van der Waals surface area contributed by atoms with E-state index in [4.69, 9.17) is 0 Å². The molecule has 0 aliphatic heterocycles. The van der Waals surface area contributed by atoms with Crippen LogP contribution in [0.25, 0.3) is 0 Å². The highest BCUT2D eigenvalue weighted by Gasteiger charge is 2.19. The number of hydrogen-bond acceptors (Lipinski definition) is 7. The quantitative estimate of drug-likeness (QED) is 0.761.